The second kappa shape index (κ2) is 2.54. The lowest BCUT2D eigenvalue weighted by Gasteiger charge is -2.16. The molecule has 58 valence electrons. The minimum absolute atomic E-state index is 0.868. The molecule has 2 aliphatic rings. The Bertz CT molecular complexity index is 118. The molecule has 0 amide bonds. The van der Waals surface area contributed by atoms with Gasteiger partial charge in [0.25, 0.3) is 0 Å². The summed E-state index contributed by atoms with van der Waals surface area (Å²) in [4.78, 5) is 0. The van der Waals surface area contributed by atoms with Crippen LogP contribution in [0.5, 0.6) is 0 Å². The van der Waals surface area contributed by atoms with Crippen LogP contribution < -0.4 is 5.32 Å². The fourth-order valence-corrected chi connectivity index (χ4v) is 1.95. The molecule has 1 N–H and O–H groups in total. The first kappa shape index (κ1) is 6.66. The van der Waals surface area contributed by atoms with Gasteiger partial charge >= 0.3 is 0 Å². The highest BCUT2D eigenvalue weighted by Crippen LogP contribution is 2.29. The molecule has 2 atom stereocenters. The Balaban J connectivity index is 1.79. The van der Waals surface area contributed by atoms with E-state index >= 15 is 0 Å². The summed E-state index contributed by atoms with van der Waals surface area (Å²) in [5, 5.41) is 3.70. The van der Waals surface area contributed by atoms with E-state index in [1.807, 2.05) is 0 Å². The Labute approximate surface area is 63.2 Å². The molecule has 1 heteroatoms. The summed E-state index contributed by atoms with van der Waals surface area (Å²) in [7, 11) is 0. The number of rotatable bonds is 2. The van der Waals surface area contributed by atoms with Crippen molar-refractivity contribution in [3.8, 4) is 0 Å². The van der Waals surface area contributed by atoms with Gasteiger partial charge in [-0.2, -0.15) is 0 Å². The van der Waals surface area contributed by atoms with Gasteiger partial charge in [-0.15, -0.1) is 0 Å². The molecule has 2 aliphatic carbocycles. The zero-order valence-electron chi connectivity index (χ0n) is 6.77. The Morgan fingerprint density at radius 3 is 2.40 bits per heavy atom. The molecule has 0 aliphatic heterocycles. The van der Waals surface area contributed by atoms with Crippen LogP contribution in [0.3, 0.4) is 0 Å². The molecule has 1 nitrogen and oxygen atoms in total. The van der Waals surface area contributed by atoms with E-state index in [-0.39, 0.29) is 0 Å². The average molecular weight is 139 g/mol. The van der Waals surface area contributed by atoms with Crippen LogP contribution in [0.25, 0.3) is 0 Å². The summed E-state index contributed by atoms with van der Waals surface area (Å²) >= 11 is 0. The van der Waals surface area contributed by atoms with E-state index in [9.17, 15) is 0 Å². The SMILES string of the molecule is C[C@H]1CCC[C@@H]1NC1CC1. The normalized spacial score (nSPS) is 40.5. The van der Waals surface area contributed by atoms with E-state index in [1.54, 1.807) is 0 Å². The van der Waals surface area contributed by atoms with Gasteiger partial charge in [0.2, 0.25) is 0 Å². The van der Waals surface area contributed by atoms with Crippen LogP contribution in [0.1, 0.15) is 39.0 Å². The lowest BCUT2D eigenvalue weighted by Crippen LogP contribution is -2.32. The molecular weight excluding hydrogens is 122 g/mol. The Morgan fingerprint density at radius 2 is 1.90 bits per heavy atom. The molecule has 0 spiro atoms. The molecule has 10 heavy (non-hydrogen) atoms. The van der Waals surface area contributed by atoms with E-state index in [0.29, 0.717) is 0 Å². The minimum Gasteiger partial charge on any atom is -0.311 e. The van der Waals surface area contributed by atoms with Crippen molar-refractivity contribution in [1.82, 2.24) is 5.32 Å². The van der Waals surface area contributed by atoms with E-state index < -0.39 is 0 Å². The predicted molar refractivity (Wildman–Crippen MR) is 43.0 cm³/mol. The van der Waals surface area contributed by atoms with Crippen LogP contribution in [0.15, 0.2) is 0 Å². The molecule has 0 unspecified atom stereocenters. The van der Waals surface area contributed by atoms with Crippen LogP contribution in [0.4, 0.5) is 0 Å². The molecule has 0 bridgehead atoms. The molecule has 0 saturated heterocycles. The molecule has 2 saturated carbocycles. The highest BCUT2D eigenvalue weighted by atomic mass is 15.0. The van der Waals surface area contributed by atoms with Crippen molar-refractivity contribution in [2.75, 3.05) is 0 Å². The Kier molecular flexibility index (Phi) is 1.69. The van der Waals surface area contributed by atoms with Gasteiger partial charge in [0.15, 0.2) is 0 Å². The maximum Gasteiger partial charge on any atom is 0.00952 e. The second-order valence-electron chi connectivity index (χ2n) is 3.96. The first-order chi connectivity index (χ1) is 4.86. The fraction of sp³-hybridized carbons (Fsp3) is 1.00. The maximum absolute atomic E-state index is 3.70. The van der Waals surface area contributed by atoms with Gasteiger partial charge in [-0.3, -0.25) is 0 Å². The highest BCUT2D eigenvalue weighted by Gasteiger charge is 2.29. The van der Waals surface area contributed by atoms with Crippen molar-refractivity contribution in [2.24, 2.45) is 5.92 Å². The molecule has 0 radical (unpaired) electrons. The average Bonchev–Trinajstić information content (AvgIpc) is 2.62. The lowest BCUT2D eigenvalue weighted by molar-refractivity contribution is 0.424. The van der Waals surface area contributed by atoms with Crippen molar-refractivity contribution in [1.29, 1.82) is 0 Å². The van der Waals surface area contributed by atoms with Crippen molar-refractivity contribution >= 4 is 0 Å². The van der Waals surface area contributed by atoms with Crippen molar-refractivity contribution in [3.05, 3.63) is 0 Å². The minimum atomic E-state index is 0.868. The number of nitrogens with one attached hydrogen (secondary N) is 1. The van der Waals surface area contributed by atoms with Gasteiger partial charge in [0.05, 0.1) is 0 Å². The van der Waals surface area contributed by atoms with Crippen LogP contribution in [0, 0.1) is 5.92 Å². The predicted octanol–water partition coefficient (Wildman–Crippen LogP) is 1.93. The number of hydrogen-bond donors (Lipinski definition) is 1. The summed E-state index contributed by atoms with van der Waals surface area (Å²) in [6.07, 6.45) is 7.19. The van der Waals surface area contributed by atoms with Crippen LogP contribution in [-0.2, 0) is 0 Å². The second-order valence-corrected chi connectivity index (χ2v) is 3.96. The molecule has 0 aromatic rings. The van der Waals surface area contributed by atoms with Gasteiger partial charge in [-0.25, -0.2) is 0 Å². The summed E-state index contributed by atoms with van der Waals surface area (Å²) in [5.41, 5.74) is 0. The third-order valence-corrected chi connectivity index (χ3v) is 2.89. The number of hydrogen-bond acceptors (Lipinski definition) is 1. The third kappa shape index (κ3) is 1.34. The summed E-state index contributed by atoms with van der Waals surface area (Å²) in [6.45, 7) is 2.38. The van der Waals surface area contributed by atoms with Crippen molar-refractivity contribution in [3.63, 3.8) is 0 Å². The van der Waals surface area contributed by atoms with Crippen LogP contribution in [0.2, 0.25) is 0 Å². The highest BCUT2D eigenvalue weighted by molar-refractivity contribution is 4.89. The summed E-state index contributed by atoms with van der Waals surface area (Å²) in [6, 6.07) is 1.78. The molecule has 2 fully saturated rings. The Hall–Kier alpha value is -0.0400. The van der Waals surface area contributed by atoms with Gasteiger partial charge in [-0.1, -0.05) is 13.3 Å². The van der Waals surface area contributed by atoms with Crippen molar-refractivity contribution in [2.45, 2.75) is 51.1 Å². The molecule has 0 heterocycles. The van der Waals surface area contributed by atoms with Gasteiger partial charge in [0, 0.05) is 12.1 Å². The van der Waals surface area contributed by atoms with E-state index in [4.69, 9.17) is 0 Å². The maximum atomic E-state index is 3.70. The van der Waals surface area contributed by atoms with E-state index in [0.717, 1.165) is 18.0 Å². The quantitative estimate of drug-likeness (QED) is 0.616. The van der Waals surface area contributed by atoms with Gasteiger partial charge < -0.3 is 5.32 Å². The summed E-state index contributed by atoms with van der Waals surface area (Å²) in [5.74, 6) is 0.945. The molecule has 2 rings (SSSR count). The first-order valence-corrected chi connectivity index (χ1v) is 4.62. The summed E-state index contributed by atoms with van der Waals surface area (Å²) < 4.78 is 0. The monoisotopic (exact) mass is 139 g/mol. The standard InChI is InChI=1S/C9H17N/c1-7-3-2-4-9(7)10-8-5-6-8/h7-10H,2-6H2,1H3/t7-,9-/m0/s1. The largest absolute Gasteiger partial charge is 0.311 e. The smallest absolute Gasteiger partial charge is 0.00952 e. The Morgan fingerprint density at radius 1 is 1.10 bits per heavy atom. The molecular formula is C9H17N. The molecule has 0 aromatic heterocycles. The molecule has 0 aromatic carbocycles. The van der Waals surface area contributed by atoms with Gasteiger partial charge in [0.1, 0.15) is 0 Å². The topological polar surface area (TPSA) is 12.0 Å². The van der Waals surface area contributed by atoms with Crippen molar-refractivity contribution < 1.29 is 0 Å². The van der Waals surface area contributed by atoms with E-state index in [2.05, 4.69) is 12.2 Å². The lowest BCUT2D eigenvalue weighted by atomic mass is 10.1. The zero-order chi connectivity index (χ0) is 6.97. The first-order valence-electron chi connectivity index (χ1n) is 4.62. The third-order valence-electron chi connectivity index (χ3n) is 2.89. The zero-order valence-corrected chi connectivity index (χ0v) is 6.77. The fourth-order valence-electron chi connectivity index (χ4n) is 1.95. The van der Waals surface area contributed by atoms with Gasteiger partial charge in [-0.05, 0) is 31.6 Å². The van der Waals surface area contributed by atoms with Crippen LogP contribution >= 0.6 is 0 Å². The van der Waals surface area contributed by atoms with E-state index in [1.165, 1.54) is 32.1 Å². The van der Waals surface area contributed by atoms with Crippen LogP contribution in [-0.4, -0.2) is 12.1 Å².